The fourth-order valence-corrected chi connectivity index (χ4v) is 6.15. The maximum Gasteiger partial charge on any atom is 0.220 e. The van der Waals surface area contributed by atoms with E-state index in [1.54, 1.807) is 16.7 Å². The SMILES string of the molecule is CCC(=O)CCC(=O)NC(Cc1ccccc1)C(O)CN(CC(C)CC)S(=O)c1ccc2ncsc2c1. The van der Waals surface area contributed by atoms with E-state index in [2.05, 4.69) is 24.1 Å². The number of aliphatic hydroxyl groups excluding tert-OH is 1. The summed E-state index contributed by atoms with van der Waals surface area (Å²) in [7, 11) is -1.50. The predicted octanol–water partition coefficient (Wildman–Crippen LogP) is 4.51. The molecule has 2 aromatic carbocycles. The molecule has 0 bridgehead atoms. The van der Waals surface area contributed by atoms with Gasteiger partial charge in [-0.25, -0.2) is 13.5 Å². The van der Waals surface area contributed by atoms with Gasteiger partial charge in [0.15, 0.2) is 0 Å². The molecule has 3 aromatic rings. The van der Waals surface area contributed by atoms with Crippen molar-refractivity contribution in [3.63, 3.8) is 0 Å². The van der Waals surface area contributed by atoms with Gasteiger partial charge in [0.2, 0.25) is 5.91 Å². The van der Waals surface area contributed by atoms with Crippen LogP contribution in [0.5, 0.6) is 0 Å². The van der Waals surface area contributed by atoms with E-state index in [0.717, 1.165) is 22.2 Å². The highest BCUT2D eigenvalue weighted by Crippen LogP contribution is 2.23. The lowest BCUT2D eigenvalue weighted by atomic mass is 10.00. The second-order valence-electron chi connectivity index (χ2n) is 9.41. The number of nitrogens with zero attached hydrogens (tertiary/aromatic N) is 2. The molecule has 0 spiro atoms. The lowest BCUT2D eigenvalue weighted by Gasteiger charge is -2.31. The molecule has 1 heterocycles. The molecule has 0 fully saturated rings. The van der Waals surface area contributed by atoms with Gasteiger partial charge in [-0.15, -0.1) is 11.3 Å². The van der Waals surface area contributed by atoms with Gasteiger partial charge in [-0.3, -0.25) is 9.59 Å². The van der Waals surface area contributed by atoms with E-state index in [1.807, 2.05) is 48.5 Å². The number of thiazole rings is 1. The summed E-state index contributed by atoms with van der Waals surface area (Å²) in [5.74, 6) is 0.0286. The first-order valence-corrected chi connectivity index (χ1v) is 14.8. The van der Waals surface area contributed by atoms with Crippen molar-refractivity contribution in [3.05, 3.63) is 59.6 Å². The van der Waals surface area contributed by atoms with Crippen LogP contribution < -0.4 is 5.32 Å². The maximum atomic E-state index is 13.7. The standard InChI is InChI=1S/C28H37N3O4S2/c1-4-20(3)17-31(37(35)23-12-13-24-27(16-23)36-19-29-24)18-26(33)25(15-21-9-7-6-8-10-21)30-28(34)14-11-22(32)5-2/h6-10,12-13,16,19-20,25-26,33H,4-5,11,14-15,17-18H2,1-3H3,(H,30,34). The van der Waals surface area contributed by atoms with E-state index < -0.39 is 23.1 Å². The predicted molar refractivity (Wildman–Crippen MR) is 150 cm³/mol. The summed E-state index contributed by atoms with van der Waals surface area (Å²) in [6.45, 7) is 6.63. The number of benzene rings is 2. The molecule has 2 N–H and O–H groups in total. The Morgan fingerprint density at radius 1 is 1.11 bits per heavy atom. The Labute approximate surface area is 225 Å². The third-order valence-electron chi connectivity index (χ3n) is 6.48. The number of amides is 1. The summed E-state index contributed by atoms with van der Waals surface area (Å²) in [5.41, 5.74) is 3.61. The molecule has 4 unspecified atom stereocenters. The van der Waals surface area contributed by atoms with E-state index in [4.69, 9.17) is 0 Å². The van der Waals surface area contributed by atoms with Crippen molar-refractivity contribution >= 4 is 44.2 Å². The topological polar surface area (TPSA) is 99.6 Å². The fourth-order valence-electron chi connectivity index (χ4n) is 3.98. The first-order valence-electron chi connectivity index (χ1n) is 12.8. The van der Waals surface area contributed by atoms with Crippen LogP contribution in [0, 0.1) is 5.92 Å². The van der Waals surface area contributed by atoms with E-state index >= 15 is 0 Å². The van der Waals surface area contributed by atoms with Crippen molar-refractivity contribution in [3.8, 4) is 0 Å². The van der Waals surface area contributed by atoms with Gasteiger partial charge in [-0.1, -0.05) is 57.5 Å². The number of carbonyl (C=O) groups is 2. The van der Waals surface area contributed by atoms with Crippen LogP contribution in [0.25, 0.3) is 10.2 Å². The molecule has 0 radical (unpaired) electrons. The zero-order valence-corrected chi connectivity index (χ0v) is 23.4. The molecule has 1 amide bonds. The minimum atomic E-state index is -1.50. The Morgan fingerprint density at radius 2 is 1.86 bits per heavy atom. The number of aliphatic hydroxyl groups is 1. The molecule has 0 saturated heterocycles. The Balaban J connectivity index is 1.79. The van der Waals surface area contributed by atoms with Crippen LogP contribution in [0.4, 0.5) is 0 Å². The molecule has 0 saturated carbocycles. The quantitative estimate of drug-likeness (QED) is 0.294. The largest absolute Gasteiger partial charge is 0.390 e. The Kier molecular flexibility index (Phi) is 11.4. The fraction of sp³-hybridized carbons (Fsp3) is 0.464. The van der Waals surface area contributed by atoms with Gasteiger partial charge < -0.3 is 10.4 Å². The van der Waals surface area contributed by atoms with Crippen molar-refractivity contribution in [1.82, 2.24) is 14.6 Å². The monoisotopic (exact) mass is 543 g/mol. The molecule has 37 heavy (non-hydrogen) atoms. The highest BCUT2D eigenvalue weighted by atomic mass is 32.2. The summed E-state index contributed by atoms with van der Waals surface area (Å²) in [5, 5.41) is 14.3. The number of hydrogen-bond donors (Lipinski definition) is 2. The highest BCUT2D eigenvalue weighted by Gasteiger charge is 2.28. The summed E-state index contributed by atoms with van der Waals surface area (Å²) in [4.78, 5) is 29.3. The van der Waals surface area contributed by atoms with Crippen molar-refractivity contribution in [2.24, 2.45) is 5.92 Å². The molecular weight excluding hydrogens is 506 g/mol. The minimum absolute atomic E-state index is 0.0309. The number of nitrogens with one attached hydrogen (secondary N) is 1. The zero-order valence-electron chi connectivity index (χ0n) is 21.8. The van der Waals surface area contributed by atoms with E-state index in [1.165, 1.54) is 11.3 Å². The van der Waals surface area contributed by atoms with Gasteiger partial charge in [0.05, 0.1) is 32.8 Å². The number of carbonyl (C=O) groups excluding carboxylic acids is 2. The number of aromatic nitrogens is 1. The smallest absolute Gasteiger partial charge is 0.220 e. The minimum Gasteiger partial charge on any atom is -0.390 e. The van der Waals surface area contributed by atoms with E-state index in [9.17, 15) is 18.9 Å². The first kappa shape index (κ1) is 29.1. The maximum absolute atomic E-state index is 13.7. The second kappa shape index (κ2) is 14.5. The highest BCUT2D eigenvalue weighted by molar-refractivity contribution is 7.82. The lowest BCUT2D eigenvalue weighted by Crippen LogP contribution is -2.50. The normalized spacial score (nSPS) is 14.8. The van der Waals surface area contributed by atoms with Gasteiger partial charge in [0, 0.05) is 32.4 Å². The average Bonchev–Trinajstić information content (AvgIpc) is 3.39. The first-order chi connectivity index (χ1) is 17.8. The zero-order chi connectivity index (χ0) is 26.8. The van der Waals surface area contributed by atoms with E-state index in [0.29, 0.717) is 24.3 Å². The molecule has 4 atom stereocenters. The summed E-state index contributed by atoms with van der Waals surface area (Å²) in [6, 6.07) is 14.6. The number of rotatable bonds is 15. The van der Waals surface area contributed by atoms with Crippen LogP contribution in [-0.4, -0.2) is 55.5 Å². The number of Topliss-reactive ketones (excluding diaryl/α,β-unsaturated/α-hetero) is 1. The third-order valence-corrected chi connectivity index (χ3v) is 8.69. The molecule has 200 valence electrons. The summed E-state index contributed by atoms with van der Waals surface area (Å²) < 4.78 is 16.5. The Bertz CT molecular complexity index is 1180. The van der Waals surface area contributed by atoms with Crippen molar-refractivity contribution in [1.29, 1.82) is 0 Å². The van der Waals surface area contributed by atoms with Crippen LogP contribution in [0.3, 0.4) is 0 Å². The average molecular weight is 544 g/mol. The van der Waals surface area contributed by atoms with Gasteiger partial charge in [0.25, 0.3) is 0 Å². The molecule has 0 aliphatic rings. The van der Waals surface area contributed by atoms with Gasteiger partial charge in [0.1, 0.15) is 16.8 Å². The van der Waals surface area contributed by atoms with Gasteiger partial charge in [-0.05, 0) is 36.1 Å². The molecule has 9 heteroatoms. The molecule has 0 aliphatic carbocycles. The van der Waals surface area contributed by atoms with Crippen LogP contribution >= 0.6 is 11.3 Å². The van der Waals surface area contributed by atoms with Gasteiger partial charge >= 0.3 is 0 Å². The number of fused-ring (bicyclic) bond motifs is 1. The molecule has 1 aromatic heterocycles. The van der Waals surface area contributed by atoms with Crippen molar-refractivity contribution < 1.29 is 18.9 Å². The third kappa shape index (κ3) is 8.81. The second-order valence-corrected chi connectivity index (χ2v) is 11.8. The van der Waals surface area contributed by atoms with E-state index in [-0.39, 0.29) is 37.0 Å². The van der Waals surface area contributed by atoms with Crippen LogP contribution in [0.15, 0.2) is 58.9 Å². The molecule has 0 aliphatic heterocycles. The van der Waals surface area contributed by atoms with Crippen molar-refractivity contribution in [2.45, 2.75) is 69.9 Å². The summed E-state index contributed by atoms with van der Waals surface area (Å²) in [6.07, 6.45) is 1.03. The summed E-state index contributed by atoms with van der Waals surface area (Å²) >= 11 is 1.50. The Morgan fingerprint density at radius 3 is 2.57 bits per heavy atom. The molecular formula is C28H37N3O4S2. The molecule has 7 nitrogen and oxygen atoms in total. The van der Waals surface area contributed by atoms with Crippen LogP contribution in [0.1, 0.15) is 52.0 Å². The molecule has 3 rings (SSSR count). The van der Waals surface area contributed by atoms with Crippen LogP contribution in [0.2, 0.25) is 0 Å². The van der Waals surface area contributed by atoms with Crippen molar-refractivity contribution in [2.75, 3.05) is 13.1 Å². The van der Waals surface area contributed by atoms with Gasteiger partial charge in [-0.2, -0.15) is 0 Å². The Hall–Kier alpha value is -2.46. The number of hydrogen-bond acceptors (Lipinski definition) is 6. The van der Waals surface area contributed by atoms with Crippen LogP contribution in [-0.2, 0) is 27.0 Å². The number of ketones is 1. The lowest BCUT2D eigenvalue weighted by molar-refractivity contribution is -0.126.